The highest BCUT2D eigenvalue weighted by molar-refractivity contribution is 5.80. The second-order valence-corrected chi connectivity index (χ2v) is 7.49. The first-order valence-corrected chi connectivity index (χ1v) is 10.1. The van der Waals surface area contributed by atoms with Gasteiger partial charge in [-0.1, -0.05) is 24.3 Å². The molecular formula is C21H30N6O. The van der Waals surface area contributed by atoms with Gasteiger partial charge in [0.2, 0.25) is 0 Å². The van der Waals surface area contributed by atoms with Crippen LogP contribution in [0.3, 0.4) is 0 Å². The number of rotatable bonds is 5. The maximum absolute atomic E-state index is 5.49. The second kappa shape index (κ2) is 9.21. The van der Waals surface area contributed by atoms with E-state index in [0.29, 0.717) is 6.04 Å². The fourth-order valence-corrected chi connectivity index (χ4v) is 4.12. The van der Waals surface area contributed by atoms with Gasteiger partial charge < -0.3 is 19.5 Å². The van der Waals surface area contributed by atoms with E-state index in [4.69, 9.17) is 4.74 Å². The molecule has 0 spiro atoms. The monoisotopic (exact) mass is 382 g/mol. The number of ether oxygens (including phenoxy) is 1. The van der Waals surface area contributed by atoms with Gasteiger partial charge in [-0.15, -0.1) is 0 Å². The van der Waals surface area contributed by atoms with Crippen molar-refractivity contribution in [2.75, 3.05) is 46.4 Å². The number of nitrogens with zero attached hydrogens (tertiary/aromatic N) is 5. The van der Waals surface area contributed by atoms with E-state index < -0.39 is 0 Å². The Bertz CT molecular complexity index is 769. The molecule has 7 nitrogen and oxygen atoms in total. The smallest absolute Gasteiger partial charge is 0.193 e. The van der Waals surface area contributed by atoms with Crippen LogP contribution in [0.2, 0.25) is 0 Å². The summed E-state index contributed by atoms with van der Waals surface area (Å²) < 4.78 is 7.57. The van der Waals surface area contributed by atoms with E-state index in [1.54, 1.807) is 0 Å². The molecule has 0 saturated carbocycles. The molecule has 2 fully saturated rings. The third-order valence-corrected chi connectivity index (χ3v) is 5.60. The molecule has 1 aromatic heterocycles. The summed E-state index contributed by atoms with van der Waals surface area (Å²) >= 11 is 0. The van der Waals surface area contributed by atoms with E-state index >= 15 is 0 Å². The van der Waals surface area contributed by atoms with E-state index in [1.807, 2.05) is 25.8 Å². The van der Waals surface area contributed by atoms with Crippen LogP contribution < -0.4 is 5.32 Å². The number of aliphatic imine (C=N–C) groups is 1. The third-order valence-electron chi connectivity index (χ3n) is 5.60. The molecule has 1 unspecified atom stereocenters. The average Bonchev–Trinajstić information content (AvgIpc) is 3.42. The molecule has 4 rings (SSSR count). The lowest BCUT2D eigenvalue weighted by atomic mass is 10.1. The molecule has 2 aliphatic heterocycles. The summed E-state index contributed by atoms with van der Waals surface area (Å²) in [6.07, 6.45) is 6.85. The van der Waals surface area contributed by atoms with Gasteiger partial charge in [0.25, 0.3) is 0 Å². The number of guanidine groups is 1. The molecule has 1 aromatic carbocycles. The Morgan fingerprint density at radius 3 is 2.89 bits per heavy atom. The predicted molar refractivity (Wildman–Crippen MR) is 110 cm³/mol. The maximum atomic E-state index is 5.49. The Labute approximate surface area is 167 Å². The minimum absolute atomic E-state index is 0.612. The van der Waals surface area contributed by atoms with Crippen molar-refractivity contribution in [3.63, 3.8) is 0 Å². The van der Waals surface area contributed by atoms with Crippen molar-refractivity contribution in [2.24, 2.45) is 4.99 Å². The number of nitrogens with one attached hydrogen (secondary N) is 1. The van der Waals surface area contributed by atoms with E-state index in [0.717, 1.165) is 58.4 Å². The zero-order valence-electron chi connectivity index (χ0n) is 16.6. The van der Waals surface area contributed by atoms with Crippen molar-refractivity contribution in [2.45, 2.75) is 25.6 Å². The lowest BCUT2D eigenvalue weighted by Crippen LogP contribution is -2.46. The lowest BCUT2D eigenvalue weighted by molar-refractivity contribution is 0.0195. The lowest BCUT2D eigenvalue weighted by Gasteiger charge is -2.32. The van der Waals surface area contributed by atoms with Crippen molar-refractivity contribution in [1.82, 2.24) is 24.7 Å². The van der Waals surface area contributed by atoms with Crippen molar-refractivity contribution < 1.29 is 4.74 Å². The standard InChI is InChI=1S/C21H30N6O/c1-22-21(27-7-5-20(16-27)26-9-11-28-12-10-26)24-14-18-3-2-4-19(13-18)15-25-8-6-23-17-25/h2-4,6,8,13,17,20H,5,7,9-12,14-16H2,1H3,(H,22,24). The van der Waals surface area contributed by atoms with Crippen LogP contribution in [0.4, 0.5) is 0 Å². The first-order valence-electron chi connectivity index (χ1n) is 10.1. The number of hydrogen-bond donors (Lipinski definition) is 1. The van der Waals surface area contributed by atoms with Gasteiger partial charge >= 0.3 is 0 Å². The van der Waals surface area contributed by atoms with Crippen molar-refractivity contribution in [3.8, 4) is 0 Å². The van der Waals surface area contributed by atoms with Crippen molar-refractivity contribution in [1.29, 1.82) is 0 Å². The molecule has 2 aromatic rings. The maximum Gasteiger partial charge on any atom is 0.193 e. The topological polar surface area (TPSA) is 57.9 Å². The average molecular weight is 383 g/mol. The fourth-order valence-electron chi connectivity index (χ4n) is 4.12. The summed E-state index contributed by atoms with van der Waals surface area (Å²) in [6, 6.07) is 9.31. The molecule has 3 heterocycles. The van der Waals surface area contributed by atoms with Gasteiger partial charge in [-0.3, -0.25) is 9.89 Å². The van der Waals surface area contributed by atoms with Crippen LogP contribution >= 0.6 is 0 Å². The largest absolute Gasteiger partial charge is 0.379 e. The summed E-state index contributed by atoms with van der Waals surface area (Å²) in [5.41, 5.74) is 2.54. The van der Waals surface area contributed by atoms with Gasteiger partial charge in [0.05, 0.1) is 19.5 Å². The minimum atomic E-state index is 0.612. The van der Waals surface area contributed by atoms with Gasteiger partial charge in [-0.25, -0.2) is 4.98 Å². The molecule has 7 heteroatoms. The van der Waals surface area contributed by atoms with Crippen LogP contribution in [-0.4, -0.2) is 77.8 Å². The van der Waals surface area contributed by atoms with E-state index in [9.17, 15) is 0 Å². The molecule has 0 amide bonds. The van der Waals surface area contributed by atoms with Gasteiger partial charge in [-0.05, 0) is 17.5 Å². The van der Waals surface area contributed by atoms with Crippen molar-refractivity contribution in [3.05, 3.63) is 54.1 Å². The number of hydrogen-bond acceptors (Lipinski definition) is 4. The van der Waals surface area contributed by atoms with Gasteiger partial charge in [0.1, 0.15) is 0 Å². The van der Waals surface area contributed by atoms with Crippen LogP contribution in [-0.2, 0) is 17.8 Å². The summed E-state index contributed by atoms with van der Waals surface area (Å²) in [7, 11) is 1.87. The molecule has 2 aliphatic rings. The van der Waals surface area contributed by atoms with Crippen LogP contribution in [0.15, 0.2) is 48.0 Å². The molecule has 1 atom stereocenters. The fraction of sp³-hybridized carbons (Fsp3) is 0.524. The van der Waals surface area contributed by atoms with E-state index in [1.165, 1.54) is 17.5 Å². The van der Waals surface area contributed by atoms with Gasteiger partial charge in [0.15, 0.2) is 5.96 Å². The highest BCUT2D eigenvalue weighted by atomic mass is 16.5. The predicted octanol–water partition coefficient (Wildman–Crippen LogP) is 1.41. The molecule has 2 saturated heterocycles. The summed E-state index contributed by atoms with van der Waals surface area (Å²) in [4.78, 5) is 13.6. The number of imidazole rings is 1. The SMILES string of the molecule is CN=C(NCc1cccc(Cn2ccnc2)c1)N1CCC(N2CCOCC2)C1. The summed E-state index contributed by atoms with van der Waals surface area (Å²) in [6.45, 7) is 7.54. The van der Waals surface area contributed by atoms with Crippen LogP contribution in [0, 0.1) is 0 Å². The van der Waals surface area contributed by atoms with E-state index in [-0.39, 0.29) is 0 Å². The molecule has 0 radical (unpaired) electrons. The molecule has 1 N–H and O–H groups in total. The third kappa shape index (κ3) is 4.72. The van der Waals surface area contributed by atoms with Crippen molar-refractivity contribution >= 4 is 5.96 Å². The number of aromatic nitrogens is 2. The van der Waals surface area contributed by atoms with Crippen LogP contribution in [0.25, 0.3) is 0 Å². The first-order chi connectivity index (χ1) is 13.8. The molecule has 0 bridgehead atoms. The number of morpholine rings is 1. The zero-order chi connectivity index (χ0) is 19.2. The van der Waals surface area contributed by atoms with Crippen LogP contribution in [0.1, 0.15) is 17.5 Å². The Morgan fingerprint density at radius 2 is 2.11 bits per heavy atom. The number of likely N-dealkylation sites (tertiary alicyclic amines) is 1. The van der Waals surface area contributed by atoms with E-state index in [2.05, 4.69) is 53.9 Å². The Kier molecular flexibility index (Phi) is 6.24. The minimum Gasteiger partial charge on any atom is -0.379 e. The quantitative estimate of drug-likeness (QED) is 0.626. The van der Waals surface area contributed by atoms with Crippen LogP contribution in [0.5, 0.6) is 0 Å². The number of benzene rings is 1. The highest BCUT2D eigenvalue weighted by Crippen LogP contribution is 2.17. The Morgan fingerprint density at radius 1 is 1.25 bits per heavy atom. The Hall–Kier alpha value is -2.38. The molecule has 28 heavy (non-hydrogen) atoms. The Balaban J connectivity index is 1.31. The zero-order valence-corrected chi connectivity index (χ0v) is 16.6. The highest BCUT2D eigenvalue weighted by Gasteiger charge is 2.30. The summed E-state index contributed by atoms with van der Waals surface area (Å²) in [5, 5.41) is 3.55. The summed E-state index contributed by atoms with van der Waals surface area (Å²) in [5.74, 6) is 0.996. The normalized spacial score (nSPS) is 21.2. The van der Waals surface area contributed by atoms with Gasteiger partial charge in [0, 0.05) is 64.8 Å². The molecule has 0 aliphatic carbocycles. The first kappa shape index (κ1) is 19.0. The second-order valence-electron chi connectivity index (χ2n) is 7.49. The molecular weight excluding hydrogens is 352 g/mol. The van der Waals surface area contributed by atoms with Gasteiger partial charge in [-0.2, -0.15) is 0 Å². The molecule has 150 valence electrons.